The smallest absolute Gasteiger partial charge is 0.244 e. The average molecular weight is 387 g/mol. The summed E-state index contributed by atoms with van der Waals surface area (Å²) in [5.41, 5.74) is 3.75. The second-order valence-corrected chi connectivity index (χ2v) is 6.39. The first-order valence-corrected chi connectivity index (χ1v) is 8.32. The number of nitrogens with one attached hydrogen (secondary N) is 2. The van der Waals surface area contributed by atoms with E-state index < -0.39 is 0 Å². The second kappa shape index (κ2) is 8.45. The molecule has 0 saturated heterocycles. The fourth-order valence-electron chi connectivity index (χ4n) is 2.13. The van der Waals surface area contributed by atoms with Crippen LogP contribution in [0.25, 0.3) is 6.08 Å². The molecule has 0 aliphatic rings. The molecule has 0 atom stereocenters. The highest BCUT2D eigenvalue weighted by molar-refractivity contribution is 9.10. The summed E-state index contributed by atoms with van der Waals surface area (Å²) in [6, 6.07) is 13.4. The zero-order chi connectivity index (χ0) is 17.5. The van der Waals surface area contributed by atoms with Crippen molar-refractivity contribution >= 4 is 39.5 Å². The molecule has 0 aromatic heterocycles. The third-order valence-electron chi connectivity index (χ3n) is 3.36. The molecule has 124 valence electrons. The number of carbonyl (C=O) groups excluding carboxylic acids is 2. The fourth-order valence-corrected chi connectivity index (χ4v) is 2.61. The van der Waals surface area contributed by atoms with E-state index in [0.717, 1.165) is 26.9 Å². The van der Waals surface area contributed by atoms with Crippen LogP contribution < -0.4 is 10.6 Å². The van der Waals surface area contributed by atoms with Crippen LogP contribution in [-0.2, 0) is 9.59 Å². The summed E-state index contributed by atoms with van der Waals surface area (Å²) in [4.78, 5) is 23.7. The quantitative estimate of drug-likeness (QED) is 0.767. The van der Waals surface area contributed by atoms with Crippen molar-refractivity contribution in [2.24, 2.45) is 0 Å². The average Bonchev–Trinajstić information content (AvgIpc) is 2.54. The molecule has 2 N–H and O–H groups in total. The topological polar surface area (TPSA) is 58.2 Å². The molecular formula is C19H19BrN2O2. The molecule has 2 rings (SSSR count). The Bertz CT molecular complexity index is 785. The first-order chi connectivity index (χ1) is 11.4. The van der Waals surface area contributed by atoms with Crippen molar-refractivity contribution in [3.63, 3.8) is 0 Å². The molecule has 24 heavy (non-hydrogen) atoms. The minimum Gasteiger partial charge on any atom is -0.343 e. The van der Waals surface area contributed by atoms with Gasteiger partial charge in [0.2, 0.25) is 11.8 Å². The number of hydrogen-bond donors (Lipinski definition) is 2. The van der Waals surface area contributed by atoms with E-state index in [1.807, 2.05) is 56.3 Å². The minimum atomic E-state index is -0.306. The Balaban J connectivity index is 1.83. The van der Waals surface area contributed by atoms with Crippen molar-refractivity contribution < 1.29 is 9.59 Å². The van der Waals surface area contributed by atoms with E-state index in [9.17, 15) is 9.59 Å². The molecule has 0 bridgehead atoms. The Morgan fingerprint density at radius 3 is 2.62 bits per heavy atom. The lowest BCUT2D eigenvalue weighted by atomic mass is 10.1. The van der Waals surface area contributed by atoms with Crippen molar-refractivity contribution in [1.82, 2.24) is 5.32 Å². The van der Waals surface area contributed by atoms with Gasteiger partial charge in [0, 0.05) is 16.2 Å². The first-order valence-electron chi connectivity index (χ1n) is 7.52. The molecule has 2 aromatic carbocycles. The Hall–Kier alpha value is -2.40. The van der Waals surface area contributed by atoms with Gasteiger partial charge in [-0.05, 0) is 49.2 Å². The molecule has 0 spiro atoms. The van der Waals surface area contributed by atoms with Crippen LogP contribution in [0.1, 0.15) is 16.7 Å². The van der Waals surface area contributed by atoms with Crippen LogP contribution in [0.4, 0.5) is 5.69 Å². The molecule has 0 unspecified atom stereocenters. The van der Waals surface area contributed by atoms with Crippen LogP contribution in [0.15, 0.2) is 53.0 Å². The van der Waals surface area contributed by atoms with E-state index in [-0.39, 0.29) is 18.4 Å². The number of rotatable bonds is 5. The van der Waals surface area contributed by atoms with Gasteiger partial charge in [0.25, 0.3) is 0 Å². The molecule has 0 radical (unpaired) electrons. The molecule has 0 fully saturated rings. The Morgan fingerprint density at radius 1 is 1.12 bits per heavy atom. The highest BCUT2D eigenvalue weighted by Crippen LogP contribution is 2.19. The maximum absolute atomic E-state index is 11.9. The van der Waals surface area contributed by atoms with E-state index in [1.165, 1.54) is 6.08 Å². The van der Waals surface area contributed by atoms with Crippen molar-refractivity contribution in [3.05, 3.63) is 69.7 Å². The van der Waals surface area contributed by atoms with Gasteiger partial charge in [-0.1, -0.05) is 45.8 Å². The number of halogens is 1. The van der Waals surface area contributed by atoms with Gasteiger partial charge in [-0.3, -0.25) is 9.59 Å². The molecule has 0 heterocycles. The molecule has 0 aliphatic heterocycles. The van der Waals surface area contributed by atoms with E-state index >= 15 is 0 Å². The maximum atomic E-state index is 11.9. The fraction of sp³-hybridized carbons (Fsp3) is 0.158. The van der Waals surface area contributed by atoms with Gasteiger partial charge in [-0.25, -0.2) is 0 Å². The van der Waals surface area contributed by atoms with Crippen LogP contribution >= 0.6 is 15.9 Å². The Kier molecular flexibility index (Phi) is 6.32. The monoisotopic (exact) mass is 386 g/mol. The van der Waals surface area contributed by atoms with Crippen molar-refractivity contribution in [1.29, 1.82) is 0 Å². The van der Waals surface area contributed by atoms with E-state index in [2.05, 4.69) is 26.6 Å². The first kappa shape index (κ1) is 17.9. The van der Waals surface area contributed by atoms with Gasteiger partial charge in [0.05, 0.1) is 6.54 Å². The lowest BCUT2D eigenvalue weighted by molar-refractivity contribution is -0.121. The predicted octanol–water partition coefficient (Wildman–Crippen LogP) is 3.83. The highest BCUT2D eigenvalue weighted by Gasteiger charge is 2.06. The lowest BCUT2D eigenvalue weighted by Crippen LogP contribution is -2.31. The number of carbonyl (C=O) groups is 2. The Labute approximate surface area is 150 Å². The van der Waals surface area contributed by atoms with Gasteiger partial charge in [0.15, 0.2) is 0 Å². The largest absolute Gasteiger partial charge is 0.343 e. The number of amides is 2. The summed E-state index contributed by atoms with van der Waals surface area (Å²) in [6.07, 6.45) is 3.14. The minimum absolute atomic E-state index is 0.0769. The summed E-state index contributed by atoms with van der Waals surface area (Å²) in [6.45, 7) is 3.82. The molecule has 2 aromatic rings. The van der Waals surface area contributed by atoms with E-state index in [0.29, 0.717) is 0 Å². The Morgan fingerprint density at radius 2 is 1.92 bits per heavy atom. The number of benzene rings is 2. The summed E-state index contributed by atoms with van der Waals surface area (Å²) >= 11 is 3.38. The molecule has 2 amide bonds. The standard InChI is InChI=1S/C19H19BrN2O2/c1-13-4-3-5-15(10-13)6-9-18(23)21-12-19(24)22-17-8-7-16(20)11-14(17)2/h3-11H,12H2,1-2H3,(H,21,23)(H,22,24)/b9-6+. The molecular weight excluding hydrogens is 368 g/mol. The van der Waals surface area contributed by atoms with Crippen LogP contribution in [0.3, 0.4) is 0 Å². The SMILES string of the molecule is Cc1cccc(/C=C/C(=O)NCC(=O)Nc2ccc(Br)cc2C)c1. The van der Waals surface area contributed by atoms with Crippen molar-refractivity contribution in [2.75, 3.05) is 11.9 Å². The van der Waals surface area contributed by atoms with Gasteiger partial charge >= 0.3 is 0 Å². The number of hydrogen-bond acceptors (Lipinski definition) is 2. The highest BCUT2D eigenvalue weighted by atomic mass is 79.9. The zero-order valence-electron chi connectivity index (χ0n) is 13.6. The van der Waals surface area contributed by atoms with E-state index in [4.69, 9.17) is 0 Å². The lowest BCUT2D eigenvalue weighted by Gasteiger charge is -2.09. The second-order valence-electron chi connectivity index (χ2n) is 5.47. The summed E-state index contributed by atoms with van der Waals surface area (Å²) in [5, 5.41) is 5.35. The van der Waals surface area contributed by atoms with Gasteiger partial charge in [-0.15, -0.1) is 0 Å². The van der Waals surface area contributed by atoms with Crippen molar-refractivity contribution in [2.45, 2.75) is 13.8 Å². The third kappa shape index (κ3) is 5.66. The summed E-state index contributed by atoms with van der Waals surface area (Å²) in [5.74, 6) is -0.572. The third-order valence-corrected chi connectivity index (χ3v) is 3.85. The molecule has 5 heteroatoms. The van der Waals surface area contributed by atoms with Crippen LogP contribution in [0, 0.1) is 13.8 Å². The maximum Gasteiger partial charge on any atom is 0.244 e. The summed E-state index contributed by atoms with van der Waals surface area (Å²) in [7, 11) is 0. The normalized spacial score (nSPS) is 10.6. The van der Waals surface area contributed by atoms with Crippen LogP contribution in [0.2, 0.25) is 0 Å². The predicted molar refractivity (Wildman–Crippen MR) is 101 cm³/mol. The molecule has 0 aliphatic carbocycles. The molecule has 0 saturated carbocycles. The van der Waals surface area contributed by atoms with Crippen LogP contribution in [0.5, 0.6) is 0 Å². The van der Waals surface area contributed by atoms with Gasteiger partial charge < -0.3 is 10.6 Å². The molecule has 4 nitrogen and oxygen atoms in total. The van der Waals surface area contributed by atoms with E-state index in [1.54, 1.807) is 6.08 Å². The zero-order valence-corrected chi connectivity index (χ0v) is 15.2. The van der Waals surface area contributed by atoms with Gasteiger partial charge in [-0.2, -0.15) is 0 Å². The van der Waals surface area contributed by atoms with Crippen LogP contribution in [-0.4, -0.2) is 18.4 Å². The number of anilines is 1. The van der Waals surface area contributed by atoms with Gasteiger partial charge in [0.1, 0.15) is 0 Å². The van der Waals surface area contributed by atoms with Crippen molar-refractivity contribution in [3.8, 4) is 0 Å². The summed E-state index contributed by atoms with van der Waals surface area (Å²) < 4.78 is 0.951. The number of aryl methyl sites for hydroxylation is 2.